The van der Waals surface area contributed by atoms with Crippen molar-refractivity contribution < 1.29 is 0 Å². The highest BCUT2D eigenvalue weighted by Crippen LogP contribution is 2.22. The molecule has 5 nitrogen and oxygen atoms in total. The van der Waals surface area contributed by atoms with Gasteiger partial charge in [0.25, 0.3) is 0 Å². The number of hydrogen-bond donors (Lipinski definition) is 2. The van der Waals surface area contributed by atoms with E-state index in [0.29, 0.717) is 17.2 Å². The zero-order valence-electron chi connectivity index (χ0n) is 11.2. The lowest BCUT2D eigenvalue weighted by Crippen LogP contribution is -2.00. The van der Waals surface area contributed by atoms with Crippen LogP contribution < -0.4 is 11.1 Å². The van der Waals surface area contributed by atoms with Crippen LogP contribution in [0.25, 0.3) is 5.69 Å². The van der Waals surface area contributed by atoms with E-state index in [2.05, 4.69) is 16.4 Å². The Hall–Kier alpha value is -3.26. The van der Waals surface area contributed by atoms with Crippen molar-refractivity contribution in [2.24, 2.45) is 0 Å². The molecule has 0 atom stereocenters. The third kappa shape index (κ3) is 2.55. The topological polar surface area (TPSA) is 79.7 Å². The van der Waals surface area contributed by atoms with Gasteiger partial charge < -0.3 is 15.6 Å². The largest absolute Gasteiger partial charge is 0.396 e. The van der Waals surface area contributed by atoms with Crippen LogP contribution in [0.5, 0.6) is 0 Å². The van der Waals surface area contributed by atoms with Crippen molar-refractivity contribution in [1.29, 1.82) is 5.26 Å². The van der Waals surface area contributed by atoms with Gasteiger partial charge in [-0.25, -0.2) is 4.98 Å². The summed E-state index contributed by atoms with van der Waals surface area (Å²) >= 11 is 0. The standard InChI is InChI=1S/C16H13N5/c17-11-14-6-3-9-21(14)13-5-1-4-12(10-13)20-16-15(18)7-2-8-19-16/h1-10H,18H2,(H,19,20). The Morgan fingerprint density at radius 2 is 2.05 bits per heavy atom. The minimum atomic E-state index is 0.585. The highest BCUT2D eigenvalue weighted by atomic mass is 15.0. The summed E-state index contributed by atoms with van der Waals surface area (Å²) in [6.45, 7) is 0. The molecule has 3 N–H and O–H groups in total. The summed E-state index contributed by atoms with van der Waals surface area (Å²) in [7, 11) is 0. The number of pyridine rings is 1. The Morgan fingerprint density at radius 1 is 1.14 bits per heavy atom. The third-order valence-corrected chi connectivity index (χ3v) is 3.09. The van der Waals surface area contributed by atoms with Gasteiger partial charge in [0.05, 0.1) is 5.69 Å². The molecule has 102 valence electrons. The van der Waals surface area contributed by atoms with E-state index in [9.17, 15) is 0 Å². The fraction of sp³-hybridized carbons (Fsp3) is 0. The van der Waals surface area contributed by atoms with E-state index in [0.717, 1.165) is 11.4 Å². The average molecular weight is 275 g/mol. The summed E-state index contributed by atoms with van der Waals surface area (Å²) in [5.74, 6) is 0.614. The predicted molar refractivity (Wildman–Crippen MR) is 82.4 cm³/mol. The average Bonchev–Trinajstić information content (AvgIpc) is 2.98. The summed E-state index contributed by atoms with van der Waals surface area (Å²) in [6.07, 6.45) is 3.54. The number of benzene rings is 1. The molecule has 0 spiro atoms. The Labute approximate surface area is 122 Å². The molecule has 0 saturated carbocycles. The molecule has 0 unspecified atom stereocenters. The van der Waals surface area contributed by atoms with Crippen LogP contribution in [0, 0.1) is 11.3 Å². The van der Waals surface area contributed by atoms with Crippen molar-refractivity contribution in [2.45, 2.75) is 0 Å². The van der Waals surface area contributed by atoms with Gasteiger partial charge in [0.15, 0.2) is 5.82 Å². The first kappa shape index (κ1) is 12.8. The smallest absolute Gasteiger partial charge is 0.153 e. The third-order valence-electron chi connectivity index (χ3n) is 3.09. The van der Waals surface area contributed by atoms with E-state index in [4.69, 9.17) is 11.0 Å². The summed E-state index contributed by atoms with van der Waals surface area (Å²) in [5, 5.41) is 12.3. The zero-order valence-corrected chi connectivity index (χ0v) is 11.2. The van der Waals surface area contributed by atoms with Crippen LogP contribution in [0.15, 0.2) is 60.9 Å². The number of anilines is 3. The first-order valence-electron chi connectivity index (χ1n) is 6.43. The number of nitrogen functional groups attached to an aromatic ring is 1. The van der Waals surface area contributed by atoms with Crippen LogP contribution in [-0.2, 0) is 0 Å². The summed E-state index contributed by atoms with van der Waals surface area (Å²) in [6, 6.07) is 17.1. The molecular formula is C16H13N5. The number of hydrogen-bond acceptors (Lipinski definition) is 4. The molecule has 5 heteroatoms. The Balaban J connectivity index is 1.95. The number of nitrogens with two attached hydrogens (primary N) is 1. The maximum absolute atomic E-state index is 9.10. The van der Waals surface area contributed by atoms with E-state index >= 15 is 0 Å². The van der Waals surface area contributed by atoms with E-state index in [-0.39, 0.29) is 0 Å². The van der Waals surface area contributed by atoms with Crippen molar-refractivity contribution in [3.05, 3.63) is 66.6 Å². The number of aromatic nitrogens is 2. The summed E-state index contributed by atoms with van der Waals surface area (Å²) < 4.78 is 1.83. The molecule has 0 fully saturated rings. The lowest BCUT2D eigenvalue weighted by molar-refractivity contribution is 1.05. The molecule has 2 heterocycles. The molecule has 2 aromatic heterocycles. The number of rotatable bonds is 3. The lowest BCUT2D eigenvalue weighted by atomic mass is 10.2. The van der Waals surface area contributed by atoms with Gasteiger partial charge in [-0.15, -0.1) is 0 Å². The van der Waals surface area contributed by atoms with Crippen LogP contribution >= 0.6 is 0 Å². The van der Waals surface area contributed by atoms with Crippen molar-refractivity contribution in [1.82, 2.24) is 9.55 Å². The SMILES string of the molecule is N#Cc1cccn1-c1cccc(Nc2ncccc2N)c1. The monoisotopic (exact) mass is 275 g/mol. The van der Waals surface area contributed by atoms with Crippen LogP contribution in [-0.4, -0.2) is 9.55 Å². The predicted octanol–water partition coefficient (Wildman–Crippen LogP) is 3.07. The van der Waals surface area contributed by atoms with Crippen molar-refractivity contribution in [3.8, 4) is 11.8 Å². The van der Waals surface area contributed by atoms with Crippen LogP contribution in [0.2, 0.25) is 0 Å². The van der Waals surface area contributed by atoms with Crippen molar-refractivity contribution in [3.63, 3.8) is 0 Å². The molecule has 0 aliphatic carbocycles. The van der Waals surface area contributed by atoms with Gasteiger partial charge in [0.1, 0.15) is 11.8 Å². The highest BCUT2D eigenvalue weighted by Gasteiger charge is 2.04. The highest BCUT2D eigenvalue weighted by molar-refractivity contribution is 5.69. The minimum absolute atomic E-state index is 0.585. The van der Waals surface area contributed by atoms with E-state index in [1.54, 1.807) is 24.4 Å². The number of nitrogens with one attached hydrogen (secondary N) is 1. The molecule has 1 aromatic carbocycles. The van der Waals surface area contributed by atoms with E-state index in [1.165, 1.54) is 0 Å². The molecular weight excluding hydrogens is 262 g/mol. The van der Waals surface area contributed by atoms with Gasteiger partial charge in [-0.3, -0.25) is 0 Å². The normalized spacial score (nSPS) is 10.0. The fourth-order valence-electron chi connectivity index (χ4n) is 2.09. The molecule has 0 amide bonds. The molecule has 0 aliphatic rings. The molecule has 21 heavy (non-hydrogen) atoms. The van der Waals surface area contributed by atoms with E-state index in [1.807, 2.05) is 41.1 Å². The number of nitrogens with zero attached hydrogens (tertiary/aromatic N) is 3. The van der Waals surface area contributed by atoms with Crippen LogP contribution in [0.4, 0.5) is 17.2 Å². The lowest BCUT2D eigenvalue weighted by Gasteiger charge is -2.10. The Bertz CT molecular complexity index is 813. The van der Waals surface area contributed by atoms with Crippen LogP contribution in [0.3, 0.4) is 0 Å². The molecule has 3 rings (SSSR count). The van der Waals surface area contributed by atoms with Crippen molar-refractivity contribution in [2.75, 3.05) is 11.1 Å². The maximum Gasteiger partial charge on any atom is 0.153 e. The fourth-order valence-corrected chi connectivity index (χ4v) is 2.09. The maximum atomic E-state index is 9.10. The minimum Gasteiger partial charge on any atom is -0.396 e. The van der Waals surface area contributed by atoms with Crippen molar-refractivity contribution >= 4 is 17.2 Å². The van der Waals surface area contributed by atoms with Crippen LogP contribution in [0.1, 0.15) is 5.69 Å². The van der Waals surface area contributed by atoms with Gasteiger partial charge in [-0.05, 0) is 42.5 Å². The molecule has 0 saturated heterocycles. The molecule has 0 bridgehead atoms. The molecule has 0 radical (unpaired) electrons. The van der Waals surface area contributed by atoms with E-state index < -0.39 is 0 Å². The van der Waals surface area contributed by atoms with Gasteiger partial charge in [0, 0.05) is 23.8 Å². The molecule has 3 aromatic rings. The first-order chi connectivity index (χ1) is 10.3. The quantitative estimate of drug-likeness (QED) is 0.769. The summed E-state index contributed by atoms with van der Waals surface area (Å²) in [4.78, 5) is 4.20. The second-order valence-electron chi connectivity index (χ2n) is 4.49. The second kappa shape index (κ2) is 5.39. The van der Waals surface area contributed by atoms with Gasteiger partial charge >= 0.3 is 0 Å². The van der Waals surface area contributed by atoms with Gasteiger partial charge in [-0.2, -0.15) is 5.26 Å². The second-order valence-corrected chi connectivity index (χ2v) is 4.49. The zero-order chi connectivity index (χ0) is 14.7. The first-order valence-corrected chi connectivity index (χ1v) is 6.43. The summed E-state index contributed by atoms with van der Waals surface area (Å²) in [5.41, 5.74) is 8.80. The van der Waals surface area contributed by atoms with Gasteiger partial charge in [0.2, 0.25) is 0 Å². The van der Waals surface area contributed by atoms with Gasteiger partial charge in [-0.1, -0.05) is 6.07 Å². The Kier molecular flexibility index (Phi) is 3.27. The molecule has 0 aliphatic heterocycles. The Morgan fingerprint density at radius 3 is 2.86 bits per heavy atom. The number of nitriles is 1.